The van der Waals surface area contributed by atoms with E-state index in [0.29, 0.717) is 5.78 Å². The zero-order chi connectivity index (χ0) is 11.4. The Morgan fingerprint density at radius 3 is 2.27 bits per heavy atom. The van der Waals surface area contributed by atoms with Gasteiger partial charge >= 0.3 is 0 Å². The number of hydrogen-bond acceptors (Lipinski definition) is 1. The van der Waals surface area contributed by atoms with Gasteiger partial charge in [-0.15, -0.1) is 0 Å². The fourth-order valence-electron chi connectivity index (χ4n) is 3.94. The van der Waals surface area contributed by atoms with E-state index in [1.165, 1.54) is 24.8 Å². The second-order valence-corrected chi connectivity index (χ2v) is 6.31. The highest BCUT2D eigenvalue weighted by Crippen LogP contribution is 2.59. The second-order valence-electron chi connectivity index (χ2n) is 6.31. The minimum atomic E-state index is 0.156. The van der Waals surface area contributed by atoms with Crippen LogP contribution in [0.25, 0.3) is 0 Å². The van der Waals surface area contributed by atoms with Gasteiger partial charge < -0.3 is 0 Å². The normalized spacial score (nSPS) is 39.5. The van der Waals surface area contributed by atoms with E-state index in [1.54, 1.807) is 0 Å². The minimum Gasteiger partial charge on any atom is -0.294 e. The molecule has 0 spiro atoms. The van der Waals surface area contributed by atoms with E-state index in [0.717, 1.165) is 5.57 Å². The Labute approximate surface area is 92.9 Å². The molecule has 1 heteroatoms. The van der Waals surface area contributed by atoms with Gasteiger partial charge in [0.2, 0.25) is 0 Å². The highest BCUT2D eigenvalue weighted by Gasteiger charge is 2.55. The van der Waals surface area contributed by atoms with E-state index in [-0.39, 0.29) is 16.7 Å². The molecule has 0 saturated heterocycles. The molecule has 0 bridgehead atoms. The molecule has 1 saturated carbocycles. The third-order valence-electron chi connectivity index (χ3n) is 4.99. The van der Waals surface area contributed by atoms with Crippen LogP contribution in [0.2, 0.25) is 0 Å². The van der Waals surface area contributed by atoms with E-state index in [4.69, 9.17) is 0 Å². The van der Waals surface area contributed by atoms with Crippen molar-refractivity contribution in [3.8, 4) is 0 Å². The van der Waals surface area contributed by atoms with Crippen molar-refractivity contribution in [2.45, 2.75) is 53.9 Å². The predicted octanol–water partition coefficient (Wildman–Crippen LogP) is 3.74. The summed E-state index contributed by atoms with van der Waals surface area (Å²) in [6.07, 6.45) is 3.65. The summed E-state index contributed by atoms with van der Waals surface area (Å²) in [4.78, 5) is 12.3. The first-order chi connectivity index (χ1) is 6.81. The molecule has 1 fully saturated rings. The van der Waals surface area contributed by atoms with Gasteiger partial charge in [-0.3, -0.25) is 4.79 Å². The van der Waals surface area contributed by atoms with Crippen molar-refractivity contribution in [2.24, 2.45) is 16.7 Å². The van der Waals surface area contributed by atoms with Crippen LogP contribution in [-0.4, -0.2) is 5.78 Å². The second kappa shape index (κ2) is 2.96. The van der Waals surface area contributed by atoms with Crippen LogP contribution in [0, 0.1) is 16.7 Å². The van der Waals surface area contributed by atoms with Crippen molar-refractivity contribution >= 4 is 5.78 Å². The van der Waals surface area contributed by atoms with Crippen molar-refractivity contribution in [3.05, 3.63) is 11.1 Å². The van der Waals surface area contributed by atoms with Crippen LogP contribution in [0.15, 0.2) is 11.1 Å². The molecule has 0 radical (unpaired) electrons. The Hall–Kier alpha value is -0.590. The van der Waals surface area contributed by atoms with E-state index >= 15 is 0 Å². The molecule has 0 N–H and O–H groups in total. The molecule has 0 heterocycles. The summed E-state index contributed by atoms with van der Waals surface area (Å²) in [6.45, 7) is 11.0. The summed E-state index contributed by atoms with van der Waals surface area (Å²) in [5.74, 6) is 0.651. The lowest BCUT2D eigenvalue weighted by Gasteiger charge is -2.47. The summed E-state index contributed by atoms with van der Waals surface area (Å²) in [7, 11) is 0. The standard InChI is InChI=1S/C14H22O/c1-9-10(2)14(5)8-6-7-13(3,4)12(14)11(9)15/h12H,6-8H2,1-5H3/t12-,14-/m0/s1. The van der Waals surface area contributed by atoms with Gasteiger partial charge in [0, 0.05) is 5.92 Å². The van der Waals surface area contributed by atoms with Gasteiger partial charge in [0.15, 0.2) is 5.78 Å². The highest BCUT2D eigenvalue weighted by atomic mass is 16.1. The zero-order valence-corrected chi connectivity index (χ0v) is 10.6. The first-order valence-corrected chi connectivity index (χ1v) is 6.03. The molecule has 0 aromatic heterocycles. The molecule has 0 amide bonds. The fourth-order valence-corrected chi connectivity index (χ4v) is 3.94. The van der Waals surface area contributed by atoms with Gasteiger partial charge in [-0.05, 0) is 43.1 Å². The van der Waals surface area contributed by atoms with Crippen molar-refractivity contribution in [2.75, 3.05) is 0 Å². The molecule has 15 heavy (non-hydrogen) atoms. The number of rotatable bonds is 0. The summed E-state index contributed by atoms with van der Waals surface area (Å²) in [5.41, 5.74) is 2.73. The van der Waals surface area contributed by atoms with Crippen molar-refractivity contribution in [3.63, 3.8) is 0 Å². The number of carbonyl (C=O) groups is 1. The Kier molecular flexibility index (Phi) is 2.15. The molecule has 1 nitrogen and oxygen atoms in total. The largest absolute Gasteiger partial charge is 0.294 e. The van der Waals surface area contributed by atoms with Crippen LogP contribution < -0.4 is 0 Å². The summed E-state index contributed by atoms with van der Waals surface area (Å²) in [6, 6.07) is 0. The van der Waals surface area contributed by atoms with E-state index in [2.05, 4.69) is 27.7 Å². The van der Waals surface area contributed by atoms with Crippen molar-refractivity contribution in [1.82, 2.24) is 0 Å². The Bertz CT molecular complexity index is 348. The Morgan fingerprint density at radius 2 is 1.73 bits per heavy atom. The third-order valence-corrected chi connectivity index (χ3v) is 4.99. The molecule has 2 aliphatic carbocycles. The van der Waals surface area contributed by atoms with Gasteiger partial charge in [-0.25, -0.2) is 0 Å². The lowest BCUT2D eigenvalue weighted by atomic mass is 9.56. The van der Waals surface area contributed by atoms with Crippen LogP contribution >= 0.6 is 0 Å². The maximum absolute atomic E-state index is 12.3. The van der Waals surface area contributed by atoms with Gasteiger partial charge in [-0.1, -0.05) is 32.8 Å². The van der Waals surface area contributed by atoms with E-state index in [9.17, 15) is 4.79 Å². The summed E-state index contributed by atoms with van der Waals surface area (Å²) in [5, 5.41) is 0. The van der Waals surface area contributed by atoms with Gasteiger partial charge in [0.1, 0.15) is 0 Å². The average molecular weight is 206 g/mol. The van der Waals surface area contributed by atoms with Crippen LogP contribution in [0.1, 0.15) is 53.9 Å². The monoisotopic (exact) mass is 206 g/mol. The number of hydrogen-bond donors (Lipinski definition) is 0. The first-order valence-electron chi connectivity index (χ1n) is 6.03. The Balaban J connectivity index is 2.52. The van der Waals surface area contributed by atoms with Crippen LogP contribution in [-0.2, 0) is 4.79 Å². The SMILES string of the molecule is CC1=C(C)[C@]2(C)CCCC(C)(C)[C@@H]2C1=O. The lowest BCUT2D eigenvalue weighted by molar-refractivity contribution is -0.127. The first kappa shape index (κ1) is 10.9. The number of ketones is 1. The molecule has 2 aliphatic rings. The van der Waals surface area contributed by atoms with Gasteiger partial charge in [0.25, 0.3) is 0 Å². The molecule has 0 unspecified atom stereocenters. The summed E-state index contributed by atoms with van der Waals surface area (Å²) >= 11 is 0. The fraction of sp³-hybridized carbons (Fsp3) is 0.786. The third kappa shape index (κ3) is 1.25. The molecule has 84 valence electrons. The molecule has 2 rings (SSSR count). The van der Waals surface area contributed by atoms with Crippen LogP contribution in [0.3, 0.4) is 0 Å². The molecular formula is C14H22O. The topological polar surface area (TPSA) is 17.1 Å². The smallest absolute Gasteiger partial charge is 0.163 e. The Morgan fingerprint density at radius 1 is 1.13 bits per heavy atom. The minimum absolute atomic E-state index is 0.156. The molecule has 2 atom stereocenters. The van der Waals surface area contributed by atoms with E-state index in [1.807, 2.05) is 6.92 Å². The average Bonchev–Trinajstić information content (AvgIpc) is 2.28. The highest BCUT2D eigenvalue weighted by molar-refractivity contribution is 6.01. The van der Waals surface area contributed by atoms with E-state index < -0.39 is 0 Å². The van der Waals surface area contributed by atoms with Crippen LogP contribution in [0.5, 0.6) is 0 Å². The number of allylic oxidation sites excluding steroid dienone is 2. The quantitative estimate of drug-likeness (QED) is 0.590. The molecular weight excluding hydrogens is 184 g/mol. The zero-order valence-electron chi connectivity index (χ0n) is 10.6. The maximum atomic E-state index is 12.3. The molecule has 0 aromatic carbocycles. The predicted molar refractivity (Wildman–Crippen MR) is 62.6 cm³/mol. The van der Waals surface area contributed by atoms with Crippen LogP contribution in [0.4, 0.5) is 0 Å². The number of carbonyl (C=O) groups excluding carboxylic acids is 1. The van der Waals surface area contributed by atoms with Crippen molar-refractivity contribution in [1.29, 1.82) is 0 Å². The van der Waals surface area contributed by atoms with Crippen molar-refractivity contribution < 1.29 is 4.79 Å². The number of Topliss-reactive ketones (excluding diaryl/α,β-unsaturated/α-hetero) is 1. The summed E-state index contributed by atoms with van der Waals surface area (Å²) < 4.78 is 0. The number of fused-ring (bicyclic) bond motifs is 1. The van der Waals surface area contributed by atoms with Gasteiger partial charge in [-0.2, -0.15) is 0 Å². The molecule has 0 aromatic rings. The lowest BCUT2D eigenvalue weighted by Crippen LogP contribution is -2.43. The van der Waals surface area contributed by atoms with Gasteiger partial charge in [0.05, 0.1) is 0 Å². The maximum Gasteiger partial charge on any atom is 0.163 e. The molecule has 0 aliphatic heterocycles.